The number of aryl methyl sites for hydroxylation is 1. The highest BCUT2D eigenvalue weighted by Gasteiger charge is 2.20. The van der Waals surface area contributed by atoms with Crippen LogP contribution in [0.1, 0.15) is 70.3 Å². The molecule has 0 spiro atoms. The second-order valence-electron chi connectivity index (χ2n) is 6.94. The van der Waals surface area contributed by atoms with Crippen molar-refractivity contribution >= 4 is 0 Å². The third-order valence-corrected chi connectivity index (χ3v) is 5.17. The van der Waals surface area contributed by atoms with Crippen molar-refractivity contribution in [1.29, 1.82) is 0 Å². The molecule has 1 aliphatic carbocycles. The van der Waals surface area contributed by atoms with Crippen molar-refractivity contribution in [3.8, 4) is 5.75 Å². The highest BCUT2D eigenvalue weighted by atomic mass is 19.3. The minimum Gasteiger partial charge on any atom is -0.435 e. The summed E-state index contributed by atoms with van der Waals surface area (Å²) in [6.45, 7) is -0.475. The maximum atomic E-state index is 12.1. The summed E-state index contributed by atoms with van der Waals surface area (Å²) in [5.74, 6) is 2.05. The van der Waals surface area contributed by atoms with E-state index in [9.17, 15) is 8.78 Å². The molecule has 0 aliphatic heterocycles. The molecule has 1 aromatic rings. The van der Waals surface area contributed by atoms with Crippen LogP contribution < -0.4 is 4.74 Å². The largest absolute Gasteiger partial charge is 0.435 e. The molecule has 1 fully saturated rings. The van der Waals surface area contributed by atoms with Gasteiger partial charge in [-0.1, -0.05) is 70.4 Å². The minimum absolute atomic E-state index is 0.247. The topological polar surface area (TPSA) is 9.23 Å². The van der Waals surface area contributed by atoms with Crippen LogP contribution in [0, 0.1) is 11.8 Å². The molecule has 0 bridgehead atoms. The first-order valence-electron chi connectivity index (χ1n) is 9.21. The van der Waals surface area contributed by atoms with E-state index < -0.39 is 6.61 Å². The van der Waals surface area contributed by atoms with Crippen molar-refractivity contribution in [2.45, 2.75) is 77.7 Å². The van der Waals surface area contributed by atoms with Gasteiger partial charge in [0.25, 0.3) is 0 Å². The van der Waals surface area contributed by atoms with Gasteiger partial charge in [-0.15, -0.1) is 0 Å². The molecule has 1 aromatic carbocycles. The van der Waals surface area contributed by atoms with Gasteiger partial charge in [-0.3, -0.25) is 0 Å². The lowest BCUT2D eigenvalue weighted by atomic mass is 9.78. The van der Waals surface area contributed by atoms with E-state index in [1.54, 1.807) is 12.1 Å². The fourth-order valence-corrected chi connectivity index (χ4v) is 3.70. The Morgan fingerprint density at radius 3 is 2.13 bits per heavy atom. The summed E-state index contributed by atoms with van der Waals surface area (Å²) in [6, 6.07) is 7.11. The van der Waals surface area contributed by atoms with Gasteiger partial charge in [-0.05, 0) is 42.4 Å². The van der Waals surface area contributed by atoms with E-state index in [-0.39, 0.29) is 5.75 Å². The minimum atomic E-state index is -2.74. The normalized spacial score (nSPS) is 21.6. The third-order valence-electron chi connectivity index (χ3n) is 5.17. The van der Waals surface area contributed by atoms with Crippen molar-refractivity contribution in [3.63, 3.8) is 0 Å². The number of unbranched alkanes of at least 4 members (excludes halogenated alkanes) is 2. The summed E-state index contributed by atoms with van der Waals surface area (Å²) in [6.07, 6.45) is 13.3. The molecule has 0 amide bonds. The van der Waals surface area contributed by atoms with Gasteiger partial charge in [0.2, 0.25) is 0 Å². The molecule has 0 radical (unpaired) electrons. The zero-order chi connectivity index (χ0) is 16.5. The number of hydrogen-bond acceptors (Lipinski definition) is 1. The van der Waals surface area contributed by atoms with Crippen LogP contribution in [0.4, 0.5) is 8.78 Å². The van der Waals surface area contributed by atoms with Gasteiger partial charge in [0, 0.05) is 0 Å². The zero-order valence-electron chi connectivity index (χ0n) is 14.3. The van der Waals surface area contributed by atoms with E-state index in [2.05, 4.69) is 11.7 Å². The molecule has 0 saturated heterocycles. The molecule has 3 heteroatoms. The van der Waals surface area contributed by atoms with Crippen molar-refractivity contribution in [2.75, 3.05) is 0 Å². The summed E-state index contributed by atoms with van der Waals surface area (Å²) in [5, 5.41) is 0. The number of hydrogen-bond donors (Lipinski definition) is 0. The highest BCUT2D eigenvalue weighted by Crippen LogP contribution is 2.34. The van der Waals surface area contributed by atoms with Gasteiger partial charge < -0.3 is 4.74 Å². The molecule has 0 N–H and O–H groups in total. The van der Waals surface area contributed by atoms with E-state index in [0.717, 1.165) is 18.3 Å². The Bertz CT molecular complexity index is 422. The molecule has 1 nitrogen and oxygen atoms in total. The molecule has 1 saturated carbocycles. The van der Waals surface area contributed by atoms with E-state index in [1.807, 2.05) is 12.1 Å². The fourth-order valence-electron chi connectivity index (χ4n) is 3.70. The highest BCUT2D eigenvalue weighted by molar-refractivity contribution is 5.27. The monoisotopic (exact) mass is 324 g/mol. The maximum Gasteiger partial charge on any atom is 0.387 e. The van der Waals surface area contributed by atoms with Gasteiger partial charge >= 0.3 is 6.61 Å². The van der Waals surface area contributed by atoms with Gasteiger partial charge in [0.1, 0.15) is 5.75 Å². The zero-order valence-corrected chi connectivity index (χ0v) is 14.3. The van der Waals surface area contributed by atoms with E-state index >= 15 is 0 Å². The summed E-state index contributed by atoms with van der Waals surface area (Å²) in [5.41, 5.74) is 1.22. The van der Waals surface area contributed by atoms with Crippen molar-refractivity contribution in [3.05, 3.63) is 29.8 Å². The van der Waals surface area contributed by atoms with E-state index in [0.29, 0.717) is 0 Å². The Balaban J connectivity index is 1.65. The van der Waals surface area contributed by atoms with Gasteiger partial charge in [0.05, 0.1) is 0 Å². The second-order valence-corrected chi connectivity index (χ2v) is 6.94. The summed E-state index contributed by atoms with van der Waals surface area (Å²) >= 11 is 0. The third kappa shape index (κ3) is 6.88. The van der Waals surface area contributed by atoms with Crippen molar-refractivity contribution in [2.24, 2.45) is 11.8 Å². The number of alkyl halides is 2. The molecule has 1 aliphatic rings. The van der Waals surface area contributed by atoms with Gasteiger partial charge in [0.15, 0.2) is 0 Å². The Morgan fingerprint density at radius 1 is 0.957 bits per heavy atom. The molecule has 0 heterocycles. The molecule has 0 atom stereocenters. The number of benzene rings is 1. The van der Waals surface area contributed by atoms with Crippen LogP contribution in [-0.4, -0.2) is 6.61 Å². The Hall–Kier alpha value is -1.12. The first-order chi connectivity index (χ1) is 11.2. The average molecular weight is 324 g/mol. The number of ether oxygens (including phenoxy) is 1. The molecule has 130 valence electrons. The van der Waals surface area contributed by atoms with Crippen LogP contribution in [0.3, 0.4) is 0 Å². The smallest absolute Gasteiger partial charge is 0.387 e. The molecule has 0 aromatic heterocycles. The lowest BCUT2D eigenvalue weighted by Gasteiger charge is -2.28. The van der Waals surface area contributed by atoms with Crippen LogP contribution in [0.5, 0.6) is 5.75 Å². The van der Waals surface area contributed by atoms with Crippen molar-refractivity contribution < 1.29 is 13.5 Å². The molecular formula is C20H30F2O. The Kier molecular flexibility index (Phi) is 7.84. The van der Waals surface area contributed by atoms with Crippen molar-refractivity contribution in [1.82, 2.24) is 0 Å². The first kappa shape index (κ1) is 18.2. The lowest BCUT2D eigenvalue weighted by molar-refractivity contribution is -0.0498. The SMILES string of the molecule is CCCCC[C@H]1CC[C@H](CCc2ccc(OC(F)F)cc2)CC1. The first-order valence-corrected chi connectivity index (χ1v) is 9.21. The summed E-state index contributed by atoms with van der Waals surface area (Å²) in [7, 11) is 0. The lowest BCUT2D eigenvalue weighted by Crippen LogP contribution is -2.15. The van der Waals surface area contributed by atoms with Crippen LogP contribution >= 0.6 is 0 Å². The Labute approximate surface area is 139 Å². The maximum absolute atomic E-state index is 12.1. The molecule has 0 unspecified atom stereocenters. The molecular weight excluding hydrogens is 294 g/mol. The quantitative estimate of drug-likeness (QED) is 0.464. The fraction of sp³-hybridized carbons (Fsp3) is 0.700. The number of rotatable bonds is 9. The van der Waals surface area contributed by atoms with E-state index in [1.165, 1.54) is 63.4 Å². The molecule has 2 rings (SSSR count). The van der Waals surface area contributed by atoms with Gasteiger partial charge in [-0.25, -0.2) is 0 Å². The predicted molar refractivity (Wildman–Crippen MR) is 91.0 cm³/mol. The second kappa shape index (κ2) is 9.89. The van der Waals surface area contributed by atoms with Crippen LogP contribution in [0.2, 0.25) is 0 Å². The average Bonchev–Trinajstić information content (AvgIpc) is 2.55. The number of halogens is 2. The molecule has 23 heavy (non-hydrogen) atoms. The Morgan fingerprint density at radius 2 is 1.57 bits per heavy atom. The van der Waals surface area contributed by atoms with Gasteiger partial charge in [-0.2, -0.15) is 8.78 Å². The van der Waals surface area contributed by atoms with Crippen LogP contribution in [-0.2, 0) is 6.42 Å². The van der Waals surface area contributed by atoms with E-state index in [4.69, 9.17) is 0 Å². The standard InChI is InChI=1S/C20H30F2O/c1-2-3-4-5-16-6-8-17(9-7-16)10-11-18-12-14-19(15-13-18)23-20(21)22/h12-17,20H,2-11H2,1H3/t16-,17-. The predicted octanol–water partition coefficient (Wildman–Crippen LogP) is 6.61. The summed E-state index contributed by atoms with van der Waals surface area (Å²) < 4.78 is 28.6. The van der Waals surface area contributed by atoms with Crippen LogP contribution in [0.25, 0.3) is 0 Å². The van der Waals surface area contributed by atoms with Crippen LogP contribution in [0.15, 0.2) is 24.3 Å². The summed E-state index contributed by atoms with van der Waals surface area (Å²) in [4.78, 5) is 0.